The van der Waals surface area contributed by atoms with E-state index in [0.29, 0.717) is 13.2 Å². The van der Waals surface area contributed by atoms with Gasteiger partial charge in [0.15, 0.2) is 0 Å². The number of ether oxygens (including phenoxy) is 3. The van der Waals surface area contributed by atoms with Crippen LogP contribution in [0.1, 0.15) is 13.3 Å². The topological polar surface area (TPSA) is 27.7 Å². The Labute approximate surface area is 67.4 Å². The van der Waals surface area contributed by atoms with Crippen molar-refractivity contribution in [3.63, 3.8) is 0 Å². The first-order valence-corrected chi connectivity index (χ1v) is 3.96. The Bertz CT molecular complexity index is 164. The Morgan fingerprint density at radius 2 is 2.55 bits per heavy atom. The molecule has 3 atom stereocenters. The third-order valence-corrected chi connectivity index (χ3v) is 2.16. The quantitative estimate of drug-likeness (QED) is 0.525. The second-order valence-corrected chi connectivity index (χ2v) is 2.94. The van der Waals surface area contributed by atoms with Crippen molar-refractivity contribution in [1.29, 1.82) is 0 Å². The van der Waals surface area contributed by atoms with Crippen LogP contribution in [0.2, 0.25) is 0 Å². The van der Waals surface area contributed by atoms with E-state index < -0.39 is 5.79 Å². The fraction of sp³-hybridized carbons (Fsp3) is 1.00. The standard InChI is InChI=1S/C7H11BO3/c1-2-10-7-4-9-5(7)3-6(8)11-7/h5-6H,2-4H2,1H3/t5-,6+,7?/m0/s1. The van der Waals surface area contributed by atoms with Gasteiger partial charge in [-0.2, -0.15) is 0 Å². The van der Waals surface area contributed by atoms with Crippen LogP contribution in [0.4, 0.5) is 0 Å². The van der Waals surface area contributed by atoms with Crippen molar-refractivity contribution in [2.75, 3.05) is 13.2 Å². The number of hydrogen-bond acceptors (Lipinski definition) is 3. The highest BCUT2D eigenvalue weighted by molar-refractivity contribution is 6.11. The summed E-state index contributed by atoms with van der Waals surface area (Å²) in [5.74, 6) is -0.492. The first-order valence-electron chi connectivity index (χ1n) is 3.96. The summed E-state index contributed by atoms with van der Waals surface area (Å²) in [7, 11) is 5.59. The molecule has 1 unspecified atom stereocenters. The van der Waals surface area contributed by atoms with E-state index in [2.05, 4.69) is 0 Å². The molecular weight excluding hydrogens is 143 g/mol. The average Bonchev–Trinajstić information content (AvgIpc) is 2.15. The maximum Gasteiger partial charge on any atom is 0.218 e. The summed E-state index contributed by atoms with van der Waals surface area (Å²) in [6.45, 7) is 3.11. The zero-order valence-electron chi connectivity index (χ0n) is 6.58. The van der Waals surface area contributed by atoms with Crippen LogP contribution in [0.3, 0.4) is 0 Å². The fourth-order valence-corrected chi connectivity index (χ4v) is 1.62. The van der Waals surface area contributed by atoms with Crippen LogP contribution in [0, 0.1) is 0 Å². The van der Waals surface area contributed by atoms with E-state index in [4.69, 9.17) is 22.1 Å². The molecule has 2 aliphatic rings. The summed E-state index contributed by atoms with van der Waals surface area (Å²) in [5.41, 5.74) is 0. The van der Waals surface area contributed by atoms with Crippen LogP contribution >= 0.6 is 0 Å². The Kier molecular flexibility index (Phi) is 1.70. The highest BCUT2D eigenvalue weighted by Gasteiger charge is 2.56. The van der Waals surface area contributed by atoms with E-state index >= 15 is 0 Å². The molecule has 0 N–H and O–H groups in total. The van der Waals surface area contributed by atoms with E-state index in [1.54, 1.807) is 0 Å². The first-order chi connectivity index (χ1) is 5.27. The first kappa shape index (κ1) is 7.59. The highest BCUT2D eigenvalue weighted by Crippen LogP contribution is 2.40. The predicted molar refractivity (Wildman–Crippen MR) is 39.3 cm³/mol. The van der Waals surface area contributed by atoms with Crippen molar-refractivity contribution < 1.29 is 14.2 Å². The fourth-order valence-electron chi connectivity index (χ4n) is 1.62. The van der Waals surface area contributed by atoms with Gasteiger partial charge in [-0.15, -0.1) is 0 Å². The molecule has 2 aliphatic heterocycles. The largest absolute Gasteiger partial charge is 0.367 e. The van der Waals surface area contributed by atoms with Crippen molar-refractivity contribution >= 4 is 7.85 Å². The van der Waals surface area contributed by atoms with Gasteiger partial charge in [-0.25, -0.2) is 0 Å². The molecule has 2 rings (SSSR count). The molecule has 0 aliphatic carbocycles. The molecule has 2 saturated heterocycles. The minimum Gasteiger partial charge on any atom is -0.367 e. The maximum absolute atomic E-state index is 5.59. The maximum atomic E-state index is 5.59. The summed E-state index contributed by atoms with van der Waals surface area (Å²) >= 11 is 0. The third-order valence-electron chi connectivity index (χ3n) is 2.16. The molecule has 0 amide bonds. The van der Waals surface area contributed by atoms with Gasteiger partial charge < -0.3 is 14.2 Å². The minimum absolute atomic E-state index is 0.0671. The Morgan fingerprint density at radius 3 is 3.00 bits per heavy atom. The summed E-state index contributed by atoms with van der Waals surface area (Å²) in [5, 5.41) is 0. The highest BCUT2D eigenvalue weighted by atomic mass is 16.8. The van der Waals surface area contributed by atoms with E-state index in [9.17, 15) is 0 Å². The normalized spacial score (nSPS) is 48.5. The molecule has 0 aromatic heterocycles. The number of fused-ring (bicyclic) bond motifs is 1. The molecule has 0 saturated carbocycles. The third kappa shape index (κ3) is 1.01. The average molecular weight is 154 g/mol. The molecule has 4 heteroatoms. The lowest BCUT2D eigenvalue weighted by Gasteiger charge is -2.42. The van der Waals surface area contributed by atoms with E-state index in [0.717, 1.165) is 6.42 Å². The molecule has 2 radical (unpaired) electrons. The SMILES string of the molecule is [B][C@H]1C[C@@H]2OCC2(OCC)O1. The monoisotopic (exact) mass is 154 g/mol. The van der Waals surface area contributed by atoms with Crippen LogP contribution in [-0.4, -0.2) is 39.0 Å². The van der Waals surface area contributed by atoms with Gasteiger partial charge in [-0.1, -0.05) is 0 Å². The second kappa shape index (κ2) is 2.47. The summed E-state index contributed by atoms with van der Waals surface area (Å²) in [4.78, 5) is 0. The van der Waals surface area contributed by atoms with Gasteiger partial charge in [0.05, 0.1) is 0 Å². The second-order valence-electron chi connectivity index (χ2n) is 2.94. The Balaban J connectivity index is 2.02. The number of rotatable bonds is 2. The van der Waals surface area contributed by atoms with Gasteiger partial charge >= 0.3 is 0 Å². The van der Waals surface area contributed by atoms with Crippen LogP contribution < -0.4 is 0 Å². The van der Waals surface area contributed by atoms with E-state index in [1.807, 2.05) is 6.92 Å². The zero-order valence-corrected chi connectivity index (χ0v) is 6.58. The van der Waals surface area contributed by atoms with E-state index in [-0.39, 0.29) is 12.1 Å². The lowest BCUT2D eigenvalue weighted by molar-refractivity contribution is -0.345. The van der Waals surface area contributed by atoms with Crippen molar-refractivity contribution in [2.24, 2.45) is 0 Å². The van der Waals surface area contributed by atoms with Gasteiger partial charge in [0.2, 0.25) is 5.79 Å². The van der Waals surface area contributed by atoms with Crippen molar-refractivity contribution in [3.05, 3.63) is 0 Å². The van der Waals surface area contributed by atoms with Crippen LogP contribution in [0.25, 0.3) is 0 Å². The van der Waals surface area contributed by atoms with Gasteiger partial charge in [-0.3, -0.25) is 0 Å². The van der Waals surface area contributed by atoms with Crippen molar-refractivity contribution in [3.8, 4) is 0 Å². The van der Waals surface area contributed by atoms with Crippen molar-refractivity contribution in [2.45, 2.75) is 31.2 Å². The molecule has 2 heterocycles. The minimum atomic E-state index is -0.492. The van der Waals surface area contributed by atoms with E-state index in [1.165, 1.54) is 0 Å². The van der Waals surface area contributed by atoms with Gasteiger partial charge in [-0.05, 0) is 13.3 Å². The molecule has 0 bridgehead atoms. The molecule has 0 aromatic carbocycles. The smallest absolute Gasteiger partial charge is 0.218 e. The molecule has 2 fully saturated rings. The Morgan fingerprint density at radius 1 is 1.73 bits per heavy atom. The van der Waals surface area contributed by atoms with Gasteiger partial charge in [0.25, 0.3) is 0 Å². The molecular formula is C7H11BO3. The Hall–Kier alpha value is -0.0551. The zero-order chi connectivity index (χ0) is 7.90. The molecule has 60 valence electrons. The number of hydrogen-bond donors (Lipinski definition) is 0. The lowest BCUT2D eigenvalue weighted by Crippen LogP contribution is -2.57. The molecule has 11 heavy (non-hydrogen) atoms. The van der Waals surface area contributed by atoms with Crippen LogP contribution in [-0.2, 0) is 14.2 Å². The lowest BCUT2D eigenvalue weighted by atomic mass is 9.94. The predicted octanol–water partition coefficient (Wildman–Crippen LogP) is 0.0329. The van der Waals surface area contributed by atoms with Crippen molar-refractivity contribution in [1.82, 2.24) is 0 Å². The summed E-state index contributed by atoms with van der Waals surface area (Å²) in [6.07, 6.45) is 0.817. The van der Waals surface area contributed by atoms with Crippen LogP contribution in [0.15, 0.2) is 0 Å². The molecule has 0 aromatic rings. The van der Waals surface area contributed by atoms with Gasteiger partial charge in [0.1, 0.15) is 20.6 Å². The molecule has 0 spiro atoms. The van der Waals surface area contributed by atoms with Crippen LogP contribution in [0.5, 0.6) is 0 Å². The van der Waals surface area contributed by atoms with Gasteiger partial charge in [0, 0.05) is 12.6 Å². The molecule has 3 nitrogen and oxygen atoms in total. The summed E-state index contributed by atoms with van der Waals surface area (Å²) < 4.78 is 16.1. The summed E-state index contributed by atoms with van der Waals surface area (Å²) in [6, 6.07) is -0.214.